The fraction of sp³-hybridized carbons (Fsp3) is 0.300. The van der Waals surface area contributed by atoms with Crippen molar-refractivity contribution in [3.05, 3.63) is 65.7 Å². The molecule has 5 heteroatoms. The number of hydrogen-bond donors (Lipinski definition) is 1. The third-order valence-corrected chi connectivity index (χ3v) is 5.06. The Labute approximate surface area is 153 Å². The Morgan fingerprint density at radius 2 is 1.68 bits per heavy atom. The molecule has 2 aromatic carbocycles. The zero-order valence-corrected chi connectivity index (χ0v) is 15.5. The van der Waals surface area contributed by atoms with Crippen molar-refractivity contribution in [3.63, 3.8) is 0 Å². The van der Waals surface area contributed by atoms with Crippen LogP contribution in [0.25, 0.3) is 0 Å². The van der Waals surface area contributed by atoms with Gasteiger partial charge in [0.1, 0.15) is 5.25 Å². The van der Waals surface area contributed by atoms with E-state index in [0.29, 0.717) is 12.1 Å². The molecular formula is C20H23NO3S. The molecule has 2 rings (SSSR count). The van der Waals surface area contributed by atoms with Gasteiger partial charge in [0.25, 0.3) is 5.91 Å². The van der Waals surface area contributed by atoms with Crippen molar-refractivity contribution < 1.29 is 14.3 Å². The quantitative estimate of drug-likeness (QED) is 0.604. The van der Waals surface area contributed by atoms with Gasteiger partial charge in [-0.15, -0.1) is 11.8 Å². The summed E-state index contributed by atoms with van der Waals surface area (Å²) in [4.78, 5) is 25.0. The average Bonchev–Trinajstić information content (AvgIpc) is 2.66. The topological polar surface area (TPSA) is 55.4 Å². The van der Waals surface area contributed by atoms with E-state index in [0.717, 1.165) is 4.90 Å². The molecule has 2 atom stereocenters. The normalized spacial score (nSPS) is 12.9. The predicted octanol–water partition coefficient (Wildman–Crippen LogP) is 3.87. The van der Waals surface area contributed by atoms with Crippen molar-refractivity contribution in [2.24, 2.45) is 0 Å². The standard InChI is InChI=1S/C20H23NO3S/c1-14(16-9-5-4-6-10-16)13-21-19(22)17-11-7-8-12-18(17)25-15(2)20(23)24-3/h4-12,14-15H,13H2,1-3H3,(H,21,22). The minimum absolute atomic E-state index is 0.136. The molecule has 0 bridgehead atoms. The largest absolute Gasteiger partial charge is 0.468 e. The summed E-state index contributed by atoms with van der Waals surface area (Å²) in [5.41, 5.74) is 1.76. The fourth-order valence-corrected chi connectivity index (χ4v) is 3.42. The lowest BCUT2D eigenvalue weighted by Gasteiger charge is -2.15. The number of rotatable bonds is 7. The first-order valence-corrected chi connectivity index (χ1v) is 9.07. The summed E-state index contributed by atoms with van der Waals surface area (Å²) < 4.78 is 4.75. The second-order valence-electron chi connectivity index (χ2n) is 5.80. The molecule has 4 nitrogen and oxygen atoms in total. The molecule has 0 aliphatic heterocycles. The van der Waals surface area contributed by atoms with E-state index in [1.807, 2.05) is 36.4 Å². The Balaban J connectivity index is 2.03. The average molecular weight is 357 g/mol. The first-order valence-electron chi connectivity index (χ1n) is 8.19. The molecule has 0 saturated heterocycles. The van der Waals surface area contributed by atoms with Crippen molar-refractivity contribution in [2.45, 2.75) is 29.9 Å². The van der Waals surface area contributed by atoms with Crippen molar-refractivity contribution in [1.29, 1.82) is 0 Å². The Kier molecular flexibility index (Phi) is 7.07. The van der Waals surface area contributed by atoms with Crippen molar-refractivity contribution in [1.82, 2.24) is 5.32 Å². The number of thioether (sulfide) groups is 1. The molecule has 2 unspecified atom stereocenters. The van der Waals surface area contributed by atoms with Gasteiger partial charge in [-0.3, -0.25) is 9.59 Å². The summed E-state index contributed by atoms with van der Waals surface area (Å²) in [6.45, 7) is 4.40. The maximum Gasteiger partial charge on any atom is 0.318 e. The molecule has 0 aliphatic rings. The van der Waals surface area contributed by atoms with Crippen LogP contribution in [0.15, 0.2) is 59.5 Å². The van der Waals surface area contributed by atoms with Crippen LogP contribution in [0.2, 0.25) is 0 Å². The smallest absolute Gasteiger partial charge is 0.318 e. The summed E-state index contributed by atoms with van der Waals surface area (Å²) in [6.07, 6.45) is 0. The number of esters is 1. The highest BCUT2D eigenvalue weighted by Gasteiger charge is 2.19. The summed E-state index contributed by atoms with van der Waals surface area (Å²) in [5, 5.41) is 2.61. The predicted molar refractivity (Wildman–Crippen MR) is 101 cm³/mol. The van der Waals surface area contributed by atoms with Crippen molar-refractivity contribution in [2.75, 3.05) is 13.7 Å². The molecule has 132 valence electrons. The number of hydrogen-bond acceptors (Lipinski definition) is 4. The number of nitrogens with one attached hydrogen (secondary N) is 1. The van der Waals surface area contributed by atoms with Gasteiger partial charge in [0, 0.05) is 11.4 Å². The minimum atomic E-state index is -0.373. The third-order valence-electron chi connectivity index (χ3n) is 3.91. The van der Waals surface area contributed by atoms with Crippen LogP contribution in [-0.4, -0.2) is 30.8 Å². The number of carbonyl (C=O) groups excluding carboxylic acids is 2. The molecule has 0 fully saturated rings. The molecule has 0 saturated carbocycles. The third kappa shape index (κ3) is 5.36. The summed E-state index contributed by atoms with van der Waals surface area (Å²) >= 11 is 1.33. The van der Waals surface area contributed by atoms with Gasteiger partial charge < -0.3 is 10.1 Å². The molecule has 1 N–H and O–H groups in total. The summed E-state index contributed by atoms with van der Waals surface area (Å²) in [5.74, 6) is -0.222. The first-order chi connectivity index (χ1) is 12.0. The van der Waals surface area contributed by atoms with Gasteiger partial charge in [-0.25, -0.2) is 0 Å². The van der Waals surface area contributed by atoms with Gasteiger partial charge in [0.05, 0.1) is 12.7 Å². The van der Waals surface area contributed by atoms with Gasteiger partial charge in [0.2, 0.25) is 0 Å². The molecule has 25 heavy (non-hydrogen) atoms. The lowest BCUT2D eigenvalue weighted by atomic mass is 10.0. The van der Waals surface area contributed by atoms with E-state index in [1.165, 1.54) is 24.4 Å². The molecule has 0 spiro atoms. The van der Waals surface area contributed by atoms with Crippen molar-refractivity contribution >= 4 is 23.6 Å². The number of carbonyl (C=O) groups is 2. The zero-order chi connectivity index (χ0) is 18.2. The number of ether oxygens (including phenoxy) is 1. The molecular weight excluding hydrogens is 334 g/mol. The molecule has 0 heterocycles. The fourth-order valence-electron chi connectivity index (χ4n) is 2.40. The van der Waals surface area contributed by atoms with Crippen molar-refractivity contribution in [3.8, 4) is 0 Å². The van der Waals surface area contributed by atoms with Crippen LogP contribution in [0.1, 0.15) is 35.7 Å². The van der Waals surface area contributed by atoms with Crippen LogP contribution in [-0.2, 0) is 9.53 Å². The van der Waals surface area contributed by atoms with Crippen LogP contribution < -0.4 is 5.32 Å². The number of amides is 1. The van der Waals surface area contributed by atoms with Crippen LogP contribution >= 0.6 is 11.8 Å². The summed E-state index contributed by atoms with van der Waals surface area (Å²) in [6, 6.07) is 17.4. The lowest BCUT2D eigenvalue weighted by molar-refractivity contribution is -0.139. The molecule has 0 aliphatic carbocycles. The van der Waals surface area contributed by atoms with Gasteiger partial charge in [-0.2, -0.15) is 0 Å². The van der Waals surface area contributed by atoms with E-state index in [1.54, 1.807) is 13.0 Å². The monoisotopic (exact) mass is 357 g/mol. The highest BCUT2D eigenvalue weighted by molar-refractivity contribution is 8.00. The van der Waals surface area contributed by atoms with E-state index in [4.69, 9.17) is 4.74 Å². The SMILES string of the molecule is COC(=O)C(C)Sc1ccccc1C(=O)NCC(C)c1ccccc1. The molecule has 0 aromatic heterocycles. The van der Waals surface area contributed by atoms with Crippen LogP contribution in [0, 0.1) is 0 Å². The second kappa shape index (κ2) is 9.28. The van der Waals surface area contributed by atoms with E-state index in [-0.39, 0.29) is 23.0 Å². The van der Waals surface area contributed by atoms with Gasteiger partial charge in [0.15, 0.2) is 0 Å². The Hall–Kier alpha value is -2.27. The number of methoxy groups -OCH3 is 1. The van der Waals surface area contributed by atoms with Gasteiger partial charge >= 0.3 is 5.97 Å². The van der Waals surface area contributed by atoms with E-state index >= 15 is 0 Å². The van der Waals surface area contributed by atoms with Gasteiger partial charge in [-0.05, 0) is 30.5 Å². The molecule has 1 amide bonds. The number of benzene rings is 2. The second-order valence-corrected chi connectivity index (χ2v) is 7.18. The Morgan fingerprint density at radius 1 is 1.04 bits per heavy atom. The van der Waals surface area contributed by atoms with Crippen LogP contribution in [0.3, 0.4) is 0 Å². The minimum Gasteiger partial charge on any atom is -0.468 e. The summed E-state index contributed by atoms with van der Waals surface area (Å²) in [7, 11) is 1.36. The molecule has 0 radical (unpaired) electrons. The maximum absolute atomic E-state index is 12.6. The van der Waals surface area contributed by atoms with Crippen LogP contribution in [0.4, 0.5) is 0 Å². The Bertz CT molecular complexity index is 718. The lowest BCUT2D eigenvalue weighted by Crippen LogP contribution is -2.28. The first kappa shape index (κ1) is 19.1. The Morgan fingerprint density at radius 3 is 2.36 bits per heavy atom. The van der Waals surface area contributed by atoms with Gasteiger partial charge in [-0.1, -0.05) is 49.4 Å². The zero-order valence-electron chi connectivity index (χ0n) is 14.7. The molecule has 2 aromatic rings. The van der Waals surface area contributed by atoms with Crippen LogP contribution in [0.5, 0.6) is 0 Å². The highest BCUT2D eigenvalue weighted by Crippen LogP contribution is 2.27. The van der Waals surface area contributed by atoms with E-state index in [2.05, 4.69) is 24.4 Å². The van der Waals surface area contributed by atoms with E-state index in [9.17, 15) is 9.59 Å². The van der Waals surface area contributed by atoms with E-state index < -0.39 is 0 Å². The highest BCUT2D eigenvalue weighted by atomic mass is 32.2. The maximum atomic E-state index is 12.6.